The highest BCUT2D eigenvalue weighted by Crippen LogP contribution is 2.36. The molecule has 0 saturated heterocycles. The van der Waals surface area contributed by atoms with E-state index in [4.69, 9.17) is 15.2 Å². The Morgan fingerprint density at radius 1 is 0.977 bits per heavy atom. The molecular weight excluding hydrogens is 630 g/mol. The van der Waals surface area contributed by atoms with Crippen molar-refractivity contribution in [1.29, 1.82) is 0 Å². The van der Waals surface area contributed by atoms with Crippen LogP contribution in [0.25, 0.3) is 0 Å². The van der Waals surface area contributed by atoms with Crippen LogP contribution < -0.4 is 21.1 Å². The number of anilines is 3. The summed E-state index contributed by atoms with van der Waals surface area (Å²) in [7, 11) is 0. The highest BCUT2D eigenvalue weighted by molar-refractivity contribution is 9.10. The van der Waals surface area contributed by atoms with Crippen LogP contribution in [0.15, 0.2) is 119 Å². The summed E-state index contributed by atoms with van der Waals surface area (Å²) in [5.41, 5.74) is 7.84. The average molecular weight is 663 g/mol. The van der Waals surface area contributed by atoms with Gasteiger partial charge in [0.25, 0.3) is 0 Å². The summed E-state index contributed by atoms with van der Waals surface area (Å²) < 4.78 is 13.0. The quantitative estimate of drug-likeness (QED) is 0.0686. The number of amides is 2. The van der Waals surface area contributed by atoms with Crippen LogP contribution in [0.3, 0.4) is 0 Å². The van der Waals surface area contributed by atoms with E-state index < -0.39 is 18.3 Å². The molecule has 0 heterocycles. The molecule has 0 radical (unpaired) electrons. The second-order valence-corrected chi connectivity index (χ2v) is 11.2. The van der Waals surface area contributed by atoms with Crippen molar-refractivity contribution >= 4 is 56.8 Å². The number of halogens is 1. The number of hydrogen-bond acceptors (Lipinski definition) is 7. The lowest BCUT2D eigenvalue weighted by atomic mass is 9.99. The first-order valence-corrected chi connectivity index (χ1v) is 15.5. The summed E-state index contributed by atoms with van der Waals surface area (Å²) in [5, 5.41) is 16.3. The van der Waals surface area contributed by atoms with E-state index >= 15 is 0 Å². The Labute approximate surface area is 263 Å². The second kappa shape index (κ2) is 15.7. The van der Waals surface area contributed by atoms with E-state index in [1.807, 2.05) is 36.6 Å². The van der Waals surface area contributed by atoms with Gasteiger partial charge in [-0.2, -0.15) is 0 Å². The van der Waals surface area contributed by atoms with Crippen LogP contribution in [0.5, 0.6) is 11.5 Å². The zero-order valence-electron chi connectivity index (χ0n) is 23.4. The van der Waals surface area contributed by atoms with Crippen molar-refractivity contribution in [2.75, 3.05) is 22.6 Å². The number of nitrogens with one attached hydrogen (secondary N) is 2. The fourth-order valence-electron chi connectivity index (χ4n) is 4.21. The number of thioether (sulfide) groups is 1. The van der Waals surface area contributed by atoms with Crippen molar-refractivity contribution in [2.24, 2.45) is 0 Å². The molecule has 222 valence electrons. The van der Waals surface area contributed by atoms with Gasteiger partial charge in [-0.1, -0.05) is 52.3 Å². The molecule has 4 aromatic carbocycles. The van der Waals surface area contributed by atoms with E-state index in [9.17, 15) is 14.7 Å². The van der Waals surface area contributed by atoms with Gasteiger partial charge in [0.05, 0.1) is 11.4 Å². The Kier molecular flexibility index (Phi) is 11.5. The van der Waals surface area contributed by atoms with Crippen LogP contribution >= 0.6 is 27.7 Å². The molecule has 0 spiro atoms. The number of benzene rings is 4. The largest absolute Gasteiger partial charge is 0.508 e. The lowest BCUT2D eigenvalue weighted by molar-refractivity contribution is -0.111. The molecule has 0 aliphatic rings. The van der Waals surface area contributed by atoms with Gasteiger partial charge in [0.15, 0.2) is 6.10 Å². The lowest BCUT2D eigenvalue weighted by Gasteiger charge is -2.28. The molecule has 2 amide bonds. The number of carbonyl (C=O) groups is 2. The standard InChI is InChI=1S/C33H32BrN3O5S/c1-43-25-18-16-23(17-19-25)36-33(40)42-32(26-21-22(34)15-20-29(26)38)30(41-24-9-3-2-4-10-24)13-7-8-14-31(39)37-28-12-6-5-11-27(28)35/h2-6,8-12,14-21,30,32,38H,7,13,35H2,1H3,(H,36,40)(H,37,39)/b14-8+/t30-,32-/m0/s1. The predicted molar refractivity (Wildman–Crippen MR) is 176 cm³/mol. The van der Waals surface area contributed by atoms with E-state index in [2.05, 4.69) is 26.6 Å². The molecule has 4 aromatic rings. The third-order valence-corrected chi connectivity index (χ3v) is 7.58. The highest BCUT2D eigenvalue weighted by Gasteiger charge is 2.31. The molecule has 0 unspecified atom stereocenters. The fraction of sp³-hybridized carbons (Fsp3) is 0.152. The monoisotopic (exact) mass is 661 g/mol. The molecule has 0 aromatic heterocycles. The Hall–Kier alpha value is -4.41. The minimum Gasteiger partial charge on any atom is -0.508 e. The predicted octanol–water partition coefficient (Wildman–Crippen LogP) is 8.17. The summed E-state index contributed by atoms with van der Waals surface area (Å²) in [6.07, 6.45) is 3.40. The number of nitrogen functional groups attached to an aromatic ring is 1. The molecule has 43 heavy (non-hydrogen) atoms. The van der Waals surface area contributed by atoms with Crippen molar-refractivity contribution in [3.05, 3.63) is 119 Å². The molecule has 0 bridgehead atoms. The van der Waals surface area contributed by atoms with Crippen molar-refractivity contribution < 1.29 is 24.2 Å². The van der Waals surface area contributed by atoms with Crippen LogP contribution in [-0.2, 0) is 9.53 Å². The summed E-state index contributed by atoms with van der Waals surface area (Å²) >= 11 is 5.05. The smallest absolute Gasteiger partial charge is 0.412 e. The zero-order valence-corrected chi connectivity index (χ0v) is 25.8. The fourth-order valence-corrected chi connectivity index (χ4v) is 5.00. The summed E-state index contributed by atoms with van der Waals surface area (Å²) in [4.78, 5) is 26.7. The Balaban J connectivity index is 1.56. The number of phenols is 1. The van der Waals surface area contributed by atoms with Crippen LogP contribution in [0.2, 0.25) is 0 Å². The SMILES string of the molecule is CSc1ccc(NC(=O)O[C@@H](c2cc(Br)ccc2O)[C@H](CC/C=C/C(=O)Nc2ccccc2N)Oc2ccccc2)cc1. The molecule has 0 saturated carbocycles. The first-order chi connectivity index (χ1) is 20.8. The molecule has 0 fully saturated rings. The van der Waals surface area contributed by atoms with Gasteiger partial charge < -0.3 is 25.6 Å². The van der Waals surface area contributed by atoms with Gasteiger partial charge in [-0.15, -0.1) is 11.8 Å². The molecule has 0 aliphatic heterocycles. The van der Waals surface area contributed by atoms with Crippen molar-refractivity contribution in [3.8, 4) is 11.5 Å². The number of allylic oxidation sites excluding steroid dienone is 1. The minimum atomic E-state index is -1.01. The van der Waals surface area contributed by atoms with Crippen LogP contribution in [-0.4, -0.2) is 29.5 Å². The Bertz CT molecular complexity index is 1550. The summed E-state index contributed by atoms with van der Waals surface area (Å²) in [6, 6.07) is 28.4. The normalized spacial score (nSPS) is 12.3. The maximum atomic E-state index is 13.2. The third kappa shape index (κ3) is 9.56. The van der Waals surface area contributed by atoms with Gasteiger partial charge in [0.2, 0.25) is 5.91 Å². The van der Waals surface area contributed by atoms with Crippen LogP contribution in [0, 0.1) is 0 Å². The van der Waals surface area contributed by atoms with Crippen molar-refractivity contribution in [3.63, 3.8) is 0 Å². The first-order valence-electron chi connectivity index (χ1n) is 13.5. The number of hydrogen-bond donors (Lipinski definition) is 4. The Morgan fingerprint density at radius 3 is 2.42 bits per heavy atom. The topological polar surface area (TPSA) is 123 Å². The highest BCUT2D eigenvalue weighted by atomic mass is 79.9. The Morgan fingerprint density at radius 2 is 1.70 bits per heavy atom. The number of aromatic hydroxyl groups is 1. The number of ether oxygens (including phenoxy) is 2. The average Bonchev–Trinajstić information content (AvgIpc) is 3.01. The number of nitrogens with two attached hydrogens (primary N) is 1. The second-order valence-electron chi connectivity index (χ2n) is 9.41. The van der Waals surface area contributed by atoms with Crippen LogP contribution in [0.1, 0.15) is 24.5 Å². The molecule has 0 aliphatic carbocycles. The van der Waals surface area contributed by atoms with Gasteiger partial charge in [-0.25, -0.2) is 4.79 Å². The van der Waals surface area contributed by atoms with E-state index in [1.54, 1.807) is 78.5 Å². The van der Waals surface area contributed by atoms with Gasteiger partial charge in [-0.05, 0) is 91.9 Å². The molecule has 10 heteroatoms. The molecular formula is C33H32BrN3O5S. The van der Waals surface area contributed by atoms with Gasteiger partial charge in [0, 0.05) is 20.6 Å². The van der Waals surface area contributed by atoms with Gasteiger partial charge in [-0.3, -0.25) is 10.1 Å². The summed E-state index contributed by atoms with van der Waals surface area (Å²) in [6.45, 7) is 0. The zero-order chi connectivity index (χ0) is 30.6. The summed E-state index contributed by atoms with van der Waals surface area (Å²) in [5.74, 6) is 0.176. The van der Waals surface area contributed by atoms with E-state index in [0.29, 0.717) is 45.7 Å². The molecule has 8 nitrogen and oxygen atoms in total. The van der Waals surface area contributed by atoms with Crippen LogP contribution in [0.4, 0.5) is 21.9 Å². The molecule has 2 atom stereocenters. The lowest BCUT2D eigenvalue weighted by Crippen LogP contribution is -2.31. The van der Waals surface area contributed by atoms with Crippen molar-refractivity contribution in [1.82, 2.24) is 0 Å². The van der Waals surface area contributed by atoms with Gasteiger partial charge >= 0.3 is 6.09 Å². The van der Waals surface area contributed by atoms with E-state index in [1.165, 1.54) is 12.1 Å². The van der Waals surface area contributed by atoms with Gasteiger partial charge in [0.1, 0.15) is 17.6 Å². The van der Waals surface area contributed by atoms with Crippen molar-refractivity contribution in [2.45, 2.75) is 29.9 Å². The maximum absolute atomic E-state index is 13.2. The van der Waals surface area contributed by atoms with E-state index in [0.717, 1.165) is 4.90 Å². The molecule has 4 rings (SSSR count). The number of para-hydroxylation sites is 3. The number of phenolic OH excluding ortho intramolecular Hbond substituents is 1. The van der Waals surface area contributed by atoms with E-state index in [-0.39, 0.29) is 11.7 Å². The third-order valence-electron chi connectivity index (χ3n) is 6.34. The number of carbonyl (C=O) groups excluding carboxylic acids is 2. The first kappa shape index (κ1) is 31.5. The molecule has 5 N–H and O–H groups in total. The maximum Gasteiger partial charge on any atom is 0.412 e. The number of rotatable bonds is 12. The minimum absolute atomic E-state index is 0.0534.